The smallest absolute Gasteiger partial charge is 0.306 e. The molecule has 0 unspecified atom stereocenters. The van der Waals surface area contributed by atoms with Gasteiger partial charge in [-0.05, 0) is 29.8 Å². The number of esters is 1. The molecule has 0 N–H and O–H groups in total. The number of aromatic nitrogens is 2. The number of ether oxygens (including phenoxy) is 1. The Kier molecular flexibility index (Phi) is 5.28. The quantitative estimate of drug-likeness (QED) is 0.615. The van der Waals surface area contributed by atoms with Gasteiger partial charge in [0.1, 0.15) is 12.4 Å². The van der Waals surface area contributed by atoms with E-state index in [9.17, 15) is 9.59 Å². The van der Waals surface area contributed by atoms with E-state index in [4.69, 9.17) is 4.74 Å². The number of halogens is 1. The summed E-state index contributed by atoms with van der Waals surface area (Å²) in [6.45, 7) is 0.232. The third kappa shape index (κ3) is 4.14. The molecule has 0 amide bonds. The molecule has 3 aromatic rings. The Morgan fingerprint density at radius 3 is 2.64 bits per heavy atom. The normalized spacial score (nSPS) is 10.8. The number of benzene rings is 2. The standard InChI is InChI=1S/C19H17BrN2O3/c1-22-17(21-16-5-3-2-4-15(16)19(22)24)10-11-18(23)25-12-13-6-8-14(20)9-7-13/h2-9H,10-12H2,1H3. The predicted molar refractivity (Wildman–Crippen MR) is 99.2 cm³/mol. The number of hydrogen-bond acceptors (Lipinski definition) is 4. The monoisotopic (exact) mass is 400 g/mol. The molecule has 0 saturated heterocycles. The summed E-state index contributed by atoms with van der Waals surface area (Å²) < 4.78 is 7.75. The van der Waals surface area contributed by atoms with Crippen molar-refractivity contribution < 1.29 is 9.53 Å². The molecule has 0 aliphatic rings. The number of aryl methyl sites for hydroxylation is 1. The molecule has 25 heavy (non-hydrogen) atoms. The second kappa shape index (κ2) is 7.61. The van der Waals surface area contributed by atoms with Gasteiger partial charge in [-0.3, -0.25) is 14.2 Å². The van der Waals surface area contributed by atoms with Gasteiger partial charge in [0.05, 0.1) is 17.3 Å². The van der Waals surface area contributed by atoms with Crippen molar-refractivity contribution in [3.8, 4) is 0 Å². The van der Waals surface area contributed by atoms with E-state index >= 15 is 0 Å². The lowest BCUT2D eigenvalue weighted by atomic mass is 10.2. The Hall–Kier alpha value is -2.47. The van der Waals surface area contributed by atoms with Crippen LogP contribution >= 0.6 is 15.9 Å². The zero-order valence-electron chi connectivity index (χ0n) is 13.7. The molecule has 0 fully saturated rings. The van der Waals surface area contributed by atoms with Crippen molar-refractivity contribution in [3.05, 3.63) is 74.7 Å². The highest BCUT2D eigenvalue weighted by Crippen LogP contribution is 2.12. The maximum Gasteiger partial charge on any atom is 0.306 e. The number of hydrogen-bond donors (Lipinski definition) is 0. The van der Waals surface area contributed by atoms with Gasteiger partial charge in [-0.2, -0.15) is 0 Å². The Balaban J connectivity index is 1.64. The fourth-order valence-corrected chi connectivity index (χ4v) is 2.78. The molecular formula is C19H17BrN2O3. The van der Waals surface area contributed by atoms with Crippen LogP contribution in [0.4, 0.5) is 0 Å². The topological polar surface area (TPSA) is 61.2 Å². The van der Waals surface area contributed by atoms with Crippen LogP contribution in [0.25, 0.3) is 10.9 Å². The van der Waals surface area contributed by atoms with Gasteiger partial charge in [0.2, 0.25) is 0 Å². The van der Waals surface area contributed by atoms with Gasteiger partial charge in [-0.25, -0.2) is 4.98 Å². The van der Waals surface area contributed by atoms with Crippen molar-refractivity contribution in [3.63, 3.8) is 0 Å². The minimum absolute atomic E-state index is 0.108. The van der Waals surface area contributed by atoms with Crippen molar-refractivity contribution in [1.29, 1.82) is 0 Å². The lowest BCUT2D eigenvalue weighted by Gasteiger charge is -2.09. The van der Waals surface area contributed by atoms with Crippen LogP contribution in [0.3, 0.4) is 0 Å². The maximum absolute atomic E-state index is 12.3. The Labute approximate surface area is 153 Å². The second-order valence-electron chi connectivity index (χ2n) is 5.70. The highest BCUT2D eigenvalue weighted by molar-refractivity contribution is 9.10. The van der Waals surface area contributed by atoms with Crippen LogP contribution in [0.15, 0.2) is 57.8 Å². The molecule has 0 spiro atoms. The molecule has 2 aromatic carbocycles. The van der Waals surface area contributed by atoms with E-state index < -0.39 is 0 Å². The van der Waals surface area contributed by atoms with E-state index in [0.29, 0.717) is 23.1 Å². The molecule has 0 aliphatic carbocycles. The molecule has 0 radical (unpaired) electrons. The summed E-state index contributed by atoms with van der Waals surface area (Å²) >= 11 is 3.36. The summed E-state index contributed by atoms with van der Waals surface area (Å²) in [5, 5.41) is 0.576. The summed E-state index contributed by atoms with van der Waals surface area (Å²) in [6, 6.07) is 14.8. The molecule has 0 atom stereocenters. The first-order valence-corrected chi connectivity index (χ1v) is 8.68. The van der Waals surface area contributed by atoms with Crippen molar-refractivity contribution >= 4 is 32.8 Å². The van der Waals surface area contributed by atoms with Gasteiger partial charge in [-0.1, -0.05) is 40.2 Å². The van der Waals surface area contributed by atoms with E-state index in [1.54, 1.807) is 19.2 Å². The Bertz CT molecular complexity index is 965. The van der Waals surface area contributed by atoms with E-state index in [1.165, 1.54) is 4.57 Å². The molecule has 0 saturated carbocycles. The zero-order chi connectivity index (χ0) is 17.8. The van der Waals surface area contributed by atoms with Crippen LogP contribution in [0.1, 0.15) is 17.8 Å². The van der Waals surface area contributed by atoms with Crippen LogP contribution in [-0.2, 0) is 29.6 Å². The van der Waals surface area contributed by atoms with Gasteiger partial charge in [0.25, 0.3) is 5.56 Å². The third-order valence-electron chi connectivity index (χ3n) is 3.94. The minimum atomic E-state index is -0.315. The van der Waals surface area contributed by atoms with Crippen LogP contribution in [0.2, 0.25) is 0 Å². The molecule has 6 heteroatoms. The van der Waals surface area contributed by atoms with E-state index in [0.717, 1.165) is 10.0 Å². The zero-order valence-corrected chi connectivity index (χ0v) is 15.3. The number of nitrogens with zero attached hydrogens (tertiary/aromatic N) is 2. The summed E-state index contributed by atoms with van der Waals surface area (Å²) in [6.07, 6.45) is 0.533. The highest BCUT2D eigenvalue weighted by Gasteiger charge is 2.11. The first kappa shape index (κ1) is 17.4. The van der Waals surface area contributed by atoms with E-state index in [1.807, 2.05) is 36.4 Å². The summed E-state index contributed by atoms with van der Waals surface area (Å²) in [4.78, 5) is 28.8. The molecule has 0 bridgehead atoms. The maximum atomic E-state index is 12.3. The Morgan fingerprint density at radius 2 is 1.88 bits per heavy atom. The van der Waals surface area contributed by atoms with Gasteiger partial charge in [0.15, 0.2) is 0 Å². The summed E-state index contributed by atoms with van der Waals surface area (Å²) in [5.74, 6) is 0.259. The average molecular weight is 401 g/mol. The van der Waals surface area contributed by atoms with Gasteiger partial charge in [0, 0.05) is 17.9 Å². The molecule has 1 aromatic heterocycles. The second-order valence-corrected chi connectivity index (χ2v) is 6.61. The largest absolute Gasteiger partial charge is 0.461 e. The van der Waals surface area contributed by atoms with Crippen LogP contribution in [0, 0.1) is 0 Å². The molecular weight excluding hydrogens is 384 g/mol. The van der Waals surface area contributed by atoms with Crippen molar-refractivity contribution in [2.24, 2.45) is 7.05 Å². The fourth-order valence-electron chi connectivity index (χ4n) is 2.52. The van der Waals surface area contributed by atoms with Gasteiger partial charge in [-0.15, -0.1) is 0 Å². The average Bonchev–Trinajstić information content (AvgIpc) is 2.63. The molecule has 1 heterocycles. The number of rotatable bonds is 5. The lowest BCUT2D eigenvalue weighted by molar-refractivity contribution is -0.144. The van der Waals surface area contributed by atoms with Crippen LogP contribution < -0.4 is 5.56 Å². The molecule has 128 valence electrons. The lowest BCUT2D eigenvalue weighted by Crippen LogP contribution is -2.23. The van der Waals surface area contributed by atoms with E-state index in [2.05, 4.69) is 20.9 Å². The summed E-state index contributed by atoms with van der Waals surface area (Å²) in [7, 11) is 1.67. The number of fused-ring (bicyclic) bond motifs is 1. The minimum Gasteiger partial charge on any atom is -0.461 e. The van der Waals surface area contributed by atoms with Crippen molar-refractivity contribution in [1.82, 2.24) is 9.55 Å². The SMILES string of the molecule is Cn1c(CCC(=O)OCc2ccc(Br)cc2)nc2ccccc2c1=O. The van der Waals surface area contributed by atoms with Crippen LogP contribution in [-0.4, -0.2) is 15.5 Å². The highest BCUT2D eigenvalue weighted by atomic mass is 79.9. The number of para-hydroxylation sites is 1. The van der Waals surface area contributed by atoms with Gasteiger partial charge >= 0.3 is 5.97 Å². The molecule has 5 nitrogen and oxygen atoms in total. The Morgan fingerprint density at radius 1 is 1.16 bits per heavy atom. The summed E-state index contributed by atoms with van der Waals surface area (Å²) in [5.41, 5.74) is 1.46. The fraction of sp³-hybridized carbons (Fsp3) is 0.211. The van der Waals surface area contributed by atoms with Crippen molar-refractivity contribution in [2.45, 2.75) is 19.4 Å². The van der Waals surface area contributed by atoms with E-state index in [-0.39, 0.29) is 24.6 Å². The molecule has 0 aliphatic heterocycles. The van der Waals surface area contributed by atoms with Gasteiger partial charge < -0.3 is 4.74 Å². The molecule has 3 rings (SSSR count). The predicted octanol–water partition coefficient (Wildman–Crippen LogP) is 3.37. The van der Waals surface area contributed by atoms with Crippen molar-refractivity contribution in [2.75, 3.05) is 0 Å². The van der Waals surface area contributed by atoms with Crippen LogP contribution in [0.5, 0.6) is 0 Å². The first-order valence-electron chi connectivity index (χ1n) is 7.89. The number of carbonyl (C=O) groups is 1. The number of carbonyl (C=O) groups excluding carboxylic acids is 1. The third-order valence-corrected chi connectivity index (χ3v) is 4.47. The first-order chi connectivity index (χ1) is 12.0.